The highest BCUT2D eigenvalue weighted by atomic mass is 32.1. The lowest BCUT2D eigenvalue weighted by Crippen LogP contribution is -2.53. The number of aryl methyl sites for hydroxylation is 2. The Morgan fingerprint density at radius 2 is 1.56 bits per heavy atom. The van der Waals surface area contributed by atoms with Crippen LogP contribution in [0.5, 0.6) is 5.75 Å². The second-order valence-corrected chi connectivity index (χ2v) is 17.1. The molecule has 0 bridgehead atoms. The van der Waals surface area contributed by atoms with Gasteiger partial charge in [0.25, 0.3) is 0 Å². The largest absolute Gasteiger partial charge is 0.506 e. The third-order valence-electron chi connectivity index (χ3n) is 10.4. The van der Waals surface area contributed by atoms with Crippen LogP contribution in [0.4, 0.5) is 4.39 Å². The summed E-state index contributed by atoms with van der Waals surface area (Å²) in [7, 11) is 1.88. The Morgan fingerprint density at radius 3 is 2.32 bits per heavy atom. The van der Waals surface area contributed by atoms with Crippen molar-refractivity contribution in [1.29, 1.82) is 0 Å². The van der Waals surface area contributed by atoms with Gasteiger partial charge in [-0.2, -0.15) is 15.3 Å². The Labute approximate surface area is 298 Å². The number of piperidine rings is 2. The molecule has 2 saturated heterocycles. The summed E-state index contributed by atoms with van der Waals surface area (Å²) in [6.07, 6.45) is 10.4. The Hall–Kier alpha value is -4.21. The minimum atomic E-state index is -0.305. The second-order valence-electron chi connectivity index (χ2n) is 13.7. The van der Waals surface area contributed by atoms with Gasteiger partial charge in [-0.3, -0.25) is 4.68 Å². The molecule has 3 N–H and O–H groups in total. The van der Waals surface area contributed by atoms with Crippen LogP contribution in [0.25, 0.3) is 52.9 Å². The van der Waals surface area contributed by atoms with Gasteiger partial charge in [-0.25, -0.2) is 18.7 Å². The zero-order valence-corrected chi connectivity index (χ0v) is 29.9. The number of benzene rings is 2. The number of aromatic hydroxyl groups is 1. The molecule has 50 heavy (non-hydrogen) atoms. The fraction of sp³-hybridized carbons (Fsp3) is 0.333. The molecule has 0 aliphatic carbocycles. The number of nitrogens with one attached hydrogen (secondary N) is 2. The molecule has 0 radical (unpaired) electrons. The first-order valence-electron chi connectivity index (χ1n) is 17.0. The van der Waals surface area contributed by atoms with Crippen molar-refractivity contribution >= 4 is 75.6 Å². The summed E-state index contributed by atoms with van der Waals surface area (Å²) in [5, 5.41) is 35.5. The average molecular weight is 724 g/mol. The van der Waals surface area contributed by atoms with Gasteiger partial charge in [-0.15, -0.1) is 34.0 Å². The Balaban J connectivity index is 0.837. The van der Waals surface area contributed by atoms with E-state index in [0.717, 1.165) is 85.5 Å². The zero-order chi connectivity index (χ0) is 33.7. The number of fused-ring (bicyclic) bond motifs is 4. The number of phenols is 1. The van der Waals surface area contributed by atoms with Crippen LogP contribution in [0.1, 0.15) is 52.3 Å². The highest BCUT2D eigenvalue weighted by Crippen LogP contribution is 2.41. The second kappa shape index (κ2) is 11.7. The summed E-state index contributed by atoms with van der Waals surface area (Å²) >= 11 is 5.10. The molecule has 254 valence electrons. The normalized spacial score (nSPS) is 21.7. The van der Waals surface area contributed by atoms with Gasteiger partial charge >= 0.3 is 0 Å². The molecule has 2 aliphatic heterocycles. The highest BCUT2D eigenvalue weighted by molar-refractivity contribution is 7.19. The van der Waals surface area contributed by atoms with Crippen molar-refractivity contribution < 1.29 is 9.50 Å². The number of thiazole rings is 1. The van der Waals surface area contributed by atoms with Crippen molar-refractivity contribution in [3.05, 3.63) is 75.6 Å². The van der Waals surface area contributed by atoms with E-state index in [4.69, 9.17) is 10.2 Å². The molecule has 2 fully saturated rings. The molecule has 8 aromatic rings. The number of hydrogen-bond donors (Lipinski definition) is 3. The minimum absolute atomic E-state index is 0.171. The minimum Gasteiger partial charge on any atom is -0.506 e. The molecular weight excluding hydrogens is 690 g/mol. The van der Waals surface area contributed by atoms with E-state index in [1.54, 1.807) is 31.4 Å². The number of nitrogens with zero attached hydrogens (tertiary/aromatic N) is 7. The summed E-state index contributed by atoms with van der Waals surface area (Å²) in [5.74, 6) is 0.834. The van der Waals surface area contributed by atoms with E-state index in [1.807, 2.05) is 56.0 Å². The molecule has 0 spiro atoms. The van der Waals surface area contributed by atoms with Gasteiger partial charge in [0.05, 0.1) is 25.6 Å². The molecule has 10 nitrogen and oxygen atoms in total. The summed E-state index contributed by atoms with van der Waals surface area (Å²) in [6.45, 7) is 3.90. The maximum Gasteiger partial charge on any atom is 0.152 e. The Morgan fingerprint density at radius 1 is 0.780 bits per heavy atom. The first kappa shape index (κ1) is 30.6. The predicted molar refractivity (Wildman–Crippen MR) is 199 cm³/mol. The van der Waals surface area contributed by atoms with E-state index in [1.165, 1.54) is 27.2 Å². The molecule has 0 amide bonds. The summed E-state index contributed by atoms with van der Waals surface area (Å²) in [4.78, 5) is 8.10. The maximum atomic E-state index is 14.8. The van der Waals surface area contributed by atoms with Crippen LogP contribution in [0, 0.1) is 12.7 Å². The SMILES string of the molecule is Cc1nc2c(F)cc(-n3cc4cc(C5CCNC(C6CC(c7cc8nn(-c9cc%10cn(C)nc%10cc9O)cc8s7)CCN6)C5)sc4n3)cc2s1. The van der Waals surface area contributed by atoms with E-state index < -0.39 is 0 Å². The van der Waals surface area contributed by atoms with Crippen LogP contribution in [-0.4, -0.2) is 64.6 Å². The predicted octanol–water partition coefficient (Wildman–Crippen LogP) is 7.51. The van der Waals surface area contributed by atoms with Crippen molar-refractivity contribution in [1.82, 2.24) is 45.0 Å². The third kappa shape index (κ3) is 5.23. The van der Waals surface area contributed by atoms with Gasteiger partial charge in [0.1, 0.15) is 27.3 Å². The molecule has 0 saturated carbocycles. The number of halogens is 1. The molecule has 10 rings (SSSR count). The molecular formula is C36H34FN9OS3. The molecule has 6 aromatic heterocycles. The quantitative estimate of drug-likeness (QED) is 0.169. The monoisotopic (exact) mass is 723 g/mol. The molecule has 4 atom stereocenters. The van der Waals surface area contributed by atoms with Crippen LogP contribution in [0.2, 0.25) is 0 Å². The lowest BCUT2D eigenvalue weighted by atomic mass is 9.81. The fourth-order valence-electron chi connectivity index (χ4n) is 7.95. The van der Waals surface area contributed by atoms with Crippen LogP contribution in [0.15, 0.2) is 55.0 Å². The van der Waals surface area contributed by atoms with E-state index in [9.17, 15) is 9.50 Å². The van der Waals surface area contributed by atoms with Gasteiger partial charge < -0.3 is 15.7 Å². The molecule has 2 aromatic carbocycles. The first-order valence-corrected chi connectivity index (χ1v) is 19.4. The van der Waals surface area contributed by atoms with Crippen LogP contribution in [0.3, 0.4) is 0 Å². The van der Waals surface area contributed by atoms with Crippen molar-refractivity contribution in [2.45, 2.75) is 56.5 Å². The smallest absolute Gasteiger partial charge is 0.152 e. The summed E-state index contributed by atoms with van der Waals surface area (Å²) in [5.41, 5.74) is 3.56. The van der Waals surface area contributed by atoms with E-state index in [-0.39, 0.29) is 11.6 Å². The topological polar surface area (TPSA) is 111 Å². The Bertz CT molecular complexity index is 2510. The van der Waals surface area contributed by atoms with Gasteiger partial charge in [-0.05, 0) is 81.8 Å². The van der Waals surface area contributed by atoms with Gasteiger partial charge in [-0.1, -0.05) is 0 Å². The summed E-state index contributed by atoms with van der Waals surface area (Å²) < 4.78 is 22.1. The van der Waals surface area contributed by atoms with Crippen molar-refractivity contribution in [3.8, 4) is 17.1 Å². The van der Waals surface area contributed by atoms with Crippen molar-refractivity contribution in [2.75, 3.05) is 13.1 Å². The standard InChI is InChI=1S/C36H34FN9OS3/c1-18-40-35-24(37)11-23(12-33(35)48-18)45-16-22-10-31(50-36(22)43-45)19-3-5-38-26(7-19)27-8-20(4-6-39-27)32-14-28-34(49-32)17-46(42-28)29-9-21-15-44(2)41-25(21)13-30(29)47/h9-17,19-20,26-27,38-39,47H,3-8H2,1-2H3. The molecule has 4 unspecified atom stereocenters. The molecule has 8 heterocycles. The lowest BCUT2D eigenvalue weighted by molar-refractivity contribution is 0.245. The number of hydrogen-bond acceptors (Lipinski definition) is 10. The van der Waals surface area contributed by atoms with Gasteiger partial charge in [0.15, 0.2) is 5.82 Å². The van der Waals surface area contributed by atoms with Crippen molar-refractivity contribution in [3.63, 3.8) is 0 Å². The number of aromatic nitrogens is 7. The lowest BCUT2D eigenvalue weighted by Gasteiger charge is -2.40. The first-order chi connectivity index (χ1) is 24.3. The highest BCUT2D eigenvalue weighted by Gasteiger charge is 2.34. The zero-order valence-electron chi connectivity index (χ0n) is 27.4. The van der Waals surface area contributed by atoms with E-state index >= 15 is 0 Å². The maximum absolute atomic E-state index is 14.8. The van der Waals surface area contributed by atoms with Crippen LogP contribution in [-0.2, 0) is 7.05 Å². The molecule has 14 heteroatoms. The van der Waals surface area contributed by atoms with Crippen LogP contribution >= 0.6 is 34.0 Å². The number of phenolic OH excluding ortho intramolecular Hbond substituents is 1. The van der Waals surface area contributed by atoms with Crippen LogP contribution < -0.4 is 10.6 Å². The number of rotatable bonds is 5. The Kier molecular flexibility index (Phi) is 7.14. The van der Waals surface area contributed by atoms with E-state index in [0.29, 0.717) is 35.1 Å². The summed E-state index contributed by atoms with van der Waals surface area (Å²) in [6, 6.07) is 12.5. The number of thiophene rings is 2. The van der Waals surface area contributed by atoms with Gasteiger partial charge in [0.2, 0.25) is 0 Å². The fourth-order valence-corrected chi connectivity index (χ4v) is 11.1. The van der Waals surface area contributed by atoms with Crippen molar-refractivity contribution in [2.24, 2.45) is 7.05 Å². The third-order valence-corrected chi connectivity index (χ3v) is 13.7. The molecule has 2 aliphatic rings. The van der Waals surface area contributed by atoms with E-state index in [2.05, 4.69) is 32.8 Å². The average Bonchev–Trinajstić information content (AvgIpc) is 3.94. The van der Waals surface area contributed by atoms with Gasteiger partial charge in [0, 0.05) is 70.4 Å².